The molecule has 0 unspecified atom stereocenters. The van der Waals surface area contributed by atoms with Gasteiger partial charge in [0.05, 0.1) is 16.2 Å². The average molecular weight is 546 g/mol. The van der Waals surface area contributed by atoms with Crippen molar-refractivity contribution in [2.24, 2.45) is 0 Å². The first-order valence-electron chi connectivity index (χ1n) is 12.3. The topological polar surface area (TPSA) is 70.6 Å². The zero-order valence-corrected chi connectivity index (χ0v) is 22.4. The van der Waals surface area contributed by atoms with E-state index >= 15 is 0 Å². The van der Waals surface area contributed by atoms with E-state index in [-0.39, 0.29) is 29.5 Å². The number of hydrogen-bond donors (Lipinski definition) is 0. The highest BCUT2D eigenvalue weighted by molar-refractivity contribution is 7.89. The van der Waals surface area contributed by atoms with Gasteiger partial charge in [-0.3, -0.25) is 4.79 Å². The zero-order valence-electron chi connectivity index (χ0n) is 20.8. The third kappa shape index (κ3) is 5.81. The van der Waals surface area contributed by atoms with Crippen molar-refractivity contribution in [1.29, 1.82) is 0 Å². The van der Waals surface area contributed by atoms with E-state index in [9.17, 15) is 22.0 Å². The minimum Gasteiger partial charge on any atom is -0.308 e. The Balaban J connectivity index is 1.76. The summed E-state index contributed by atoms with van der Waals surface area (Å²) in [7, 11) is -4.05. The number of nitrogens with zero attached hydrogens (tertiary/aromatic N) is 3. The fourth-order valence-electron chi connectivity index (χ4n) is 4.21. The summed E-state index contributed by atoms with van der Waals surface area (Å²) in [4.78, 5) is 19.3. The first kappa shape index (κ1) is 27.1. The largest absolute Gasteiger partial charge is 0.308 e. The molecule has 6 nitrogen and oxygen atoms in total. The smallest absolute Gasteiger partial charge is 0.259 e. The highest BCUT2D eigenvalue weighted by atomic mass is 32.2. The fourth-order valence-corrected chi connectivity index (χ4v) is 6.26. The Morgan fingerprint density at radius 2 is 1.86 bits per heavy atom. The molecule has 1 aromatic heterocycles. The van der Waals surface area contributed by atoms with Crippen molar-refractivity contribution in [1.82, 2.24) is 9.29 Å². The molecule has 0 N–H and O–H groups in total. The van der Waals surface area contributed by atoms with Crippen molar-refractivity contribution in [2.75, 3.05) is 18.0 Å². The number of benzene rings is 2. The summed E-state index contributed by atoms with van der Waals surface area (Å²) in [6.45, 7) is 4.45. The molecule has 2 heterocycles. The molecule has 2 aromatic carbocycles. The second-order valence-corrected chi connectivity index (χ2v) is 11.7. The summed E-state index contributed by atoms with van der Waals surface area (Å²) >= 11 is 1.39. The molecule has 1 amide bonds. The number of amides is 1. The number of fused-ring (bicyclic) bond motifs is 1. The third-order valence-corrected chi connectivity index (χ3v) is 8.80. The van der Waals surface area contributed by atoms with Gasteiger partial charge in [0.15, 0.2) is 0 Å². The highest BCUT2D eigenvalue weighted by Gasteiger charge is 2.34. The number of anilines is 1. The number of carbonyl (C=O) groups excluding carboxylic acids is 1. The number of hydrogen-bond acceptors (Lipinski definition) is 5. The van der Waals surface area contributed by atoms with Gasteiger partial charge in [-0.15, -0.1) is 11.3 Å². The van der Waals surface area contributed by atoms with Gasteiger partial charge in [-0.2, -0.15) is 4.31 Å². The number of thiazole rings is 1. The van der Waals surface area contributed by atoms with E-state index in [1.54, 1.807) is 23.2 Å². The molecular weight excluding hydrogens is 516 g/mol. The Hall–Kier alpha value is -2.95. The van der Waals surface area contributed by atoms with Gasteiger partial charge in [0.1, 0.15) is 16.6 Å². The Morgan fingerprint density at radius 1 is 1.08 bits per heavy atom. The Bertz CT molecular complexity index is 1410. The van der Waals surface area contributed by atoms with Crippen LogP contribution in [0, 0.1) is 11.6 Å². The van der Waals surface area contributed by atoms with E-state index in [0.717, 1.165) is 31.4 Å². The molecule has 37 heavy (non-hydrogen) atoms. The van der Waals surface area contributed by atoms with Gasteiger partial charge >= 0.3 is 0 Å². The molecule has 1 aliphatic rings. The van der Waals surface area contributed by atoms with Crippen LogP contribution in [0.15, 0.2) is 52.9 Å². The van der Waals surface area contributed by atoms with Crippen molar-refractivity contribution in [3.63, 3.8) is 0 Å². The number of rotatable bonds is 11. The second-order valence-electron chi connectivity index (χ2n) is 8.85. The van der Waals surface area contributed by atoms with E-state index in [1.807, 2.05) is 19.2 Å². The lowest BCUT2D eigenvalue weighted by Crippen LogP contribution is -2.32. The molecule has 0 saturated heterocycles. The number of sulfonamides is 1. The van der Waals surface area contributed by atoms with Gasteiger partial charge in [0.25, 0.3) is 5.91 Å². The highest BCUT2D eigenvalue weighted by Crippen LogP contribution is 2.40. The quantitative estimate of drug-likeness (QED) is 0.273. The Kier molecular flexibility index (Phi) is 8.51. The Morgan fingerprint density at radius 3 is 2.54 bits per heavy atom. The molecule has 10 heteroatoms. The summed E-state index contributed by atoms with van der Waals surface area (Å²) in [5.74, 6) is -1.71. The van der Waals surface area contributed by atoms with Crippen LogP contribution in [0.3, 0.4) is 0 Å². The summed E-state index contributed by atoms with van der Waals surface area (Å²) < 4.78 is 56.6. The summed E-state index contributed by atoms with van der Waals surface area (Å²) in [6, 6.07) is 7.81. The lowest BCUT2D eigenvalue weighted by Gasteiger charge is -2.23. The van der Waals surface area contributed by atoms with E-state index in [2.05, 4.69) is 4.98 Å². The Labute approximate surface area is 220 Å². The first-order valence-corrected chi connectivity index (χ1v) is 14.6. The van der Waals surface area contributed by atoms with Crippen LogP contribution in [0.5, 0.6) is 0 Å². The van der Waals surface area contributed by atoms with Crippen LogP contribution in [0.1, 0.15) is 55.7 Å². The van der Waals surface area contributed by atoms with Crippen LogP contribution in [0.25, 0.3) is 11.6 Å². The van der Waals surface area contributed by atoms with Crippen molar-refractivity contribution < 1.29 is 22.0 Å². The molecule has 0 fully saturated rings. The van der Waals surface area contributed by atoms with E-state index < -0.39 is 21.7 Å². The van der Waals surface area contributed by atoms with Crippen LogP contribution in [-0.2, 0) is 21.4 Å². The van der Waals surface area contributed by atoms with Crippen LogP contribution in [0.2, 0.25) is 0 Å². The first-order chi connectivity index (χ1) is 17.8. The molecule has 0 spiro atoms. The average Bonchev–Trinajstić information content (AvgIpc) is 3.48. The van der Waals surface area contributed by atoms with Crippen molar-refractivity contribution in [3.8, 4) is 0 Å². The van der Waals surface area contributed by atoms with Gasteiger partial charge in [0, 0.05) is 48.4 Å². The lowest BCUT2D eigenvalue weighted by atomic mass is 10.1. The zero-order chi connectivity index (χ0) is 26.6. The molecule has 4 rings (SSSR count). The SMILES string of the molecule is CCCCN1C(=O)/C(=C/c2nccs2)c2cc(S(=O)(=O)N(CCCC)Cc3ccc(F)cc3F)ccc21. The number of aromatic nitrogens is 1. The molecule has 0 aliphatic carbocycles. The predicted molar refractivity (Wildman–Crippen MR) is 143 cm³/mol. The lowest BCUT2D eigenvalue weighted by molar-refractivity contribution is -0.113. The van der Waals surface area contributed by atoms with E-state index in [1.165, 1.54) is 33.8 Å². The molecule has 1 aliphatic heterocycles. The molecule has 0 radical (unpaired) electrons. The van der Waals surface area contributed by atoms with Crippen LogP contribution in [0.4, 0.5) is 14.5 Å². The predicted octanol–water partition coefficient (Wildman–Crippen LogP) is 6.10. The van der Waals surface area contributed by atoms with Crippen LogP contribution in [-0.4, -0.2) is 36.7 Å². The summed E-state index contributed by atoms with van der Waals surface area (Å²) in [6.07, 6.45) is 6.37. The van der Waals surface area contributed by atoms with Gasteiger partial charge in [-0.1, -0.05) is 32.8 Å². The second kappa shape index (κ2) is 11.6. The molecule has 196 valence electrons. The fraction of sp³-hybridized carbons (Fsp3) is 0.333. The van der Waals surface area contributed by atoms with Gasteiger partial charge in [0.2, 0.25) is 10.0 Å². The van der Waals surface area contributed by atoms with E-state index in [4.69, 9.17) is 0 Å². The normalized spacial score (nSPS) is 14.7. The molecule has 0 bridgehead atoms. The van der Waals surface area contributed by atoms with Gasteiger partial charge in [-0.05, 0) is 43.2 Å². The monoisotopic (exact) mass is 545 g/mol. The molecule has 0 saturated carbocycles. The minimum absolute atomic E-state index is 0.0139. The maximum absolute atomic E-state index is 14.4. The molecule has 0 atom stereocenters. The molecular formula is C27H29F2N3O3S2. The minimum atomic E-state index is -4.05. The number of carbonyl (C=O) groups is 1. The summed E-state index contributed by atoms with van der Waals surface area (Å²) in [5, 5.41) is 2.46. The summed E-state index contributed by atoms with van der Waals surface area (Å²) in [5.41, 5.74) is 1.67. The molecule has 3 aromatic rings. The third-order valence-electron chi connectivity index (χ3n) is 6.24. The maximum atomic E-state index is 14.4. The number of halogens is 2. The van der Waals surface area contributed by atoms with Gasteiger partial charge < -0.3 is 4.90 Å². The van der Waals surface area contributed by atoms with Crippen molar-refractivity contribution >= 4 is 44.6 Å². The maximum Gasteiger partial charge on any atom is 0.259 e. The van der Waals surface area contributed by atoms with Crippen molar-refractivity contribution in [2.45, 2.75) is 51.0 Å². The number of unbranched alkanes of at least 4 members (excludes halogenated alkanes) is 2. The van der Waals surface area contributed by atoms with Crippen LogP contribution >= 0.6 is 11.3 Å². The van der Waals surface area contributed by atoms with Gasteiger partial charge in [-0.25, -0.2) is 22.2 Å². The van der Waals surface area contributed by atoms with E-state index in [0.29, 0.717) is 34.8 Å². The van der Waals surface area contributed by atoms with Crippen molar-refractivity contribution in [3.05, 3.63) is 75.7 Å². The van der Waals surface area contributed by atoms with Crippen LogP contribution < -0.4 is 4.90 Å². The standard InChI is InChI=1S/C27H29F2N3O3S2/c1-3-5-12-31(18-19-7-8-20(28)15-24(19)29)37(34,35)21-9-10-25-22(16-21)23(17-26-30-11-14-36-26)27(33)32(25)13-6-4-2/h7-11,14-17H,3-6,12-13,18H2,1-2H3/b23-17+.